The molecule has 0 heterocycles. The molecule has 2 rings (SSSR count). The fourth-order valence-corrected chi connectivity index (χ4v) is 2.82. The van der Waals surface area contributed by atoms with Gasteiger partial charge in [0.15, 0.2) is 6.10 Å². The number of amides is 1. The van der Waals surface area contributed by atoms with E-state index < -0.39 is 18.0 Å². The molecule has 0 aromatic heterocycles. The molecule has 0 radical (unpaired) electrons. The van der Waals surface area contributed by atoms with E-state index in [0.29, 0.717) is 16.1 Å². The highest BCUT2D eigenvalue weighted by Gasteiger charge is 2.21. The lowest BCUT2D eigenvalue weighted by Crippen LogP contribution is -2.30. The van der Waals surface area contributed by atoms with E-state index in [1.807, 2.05) is 6.07 Å². The number of benzene rings is 2. The van der Waals surface area contributed by atoms with Crippen molar-refractivity contribution >= 4 is 35.1 Å². The summed E-state index contributed by atoms with van der Waals surface area (Å²) in [4.78, 5) is 36.3. The topological polar surface area (TPSA) is 72.5 Å². The number of carbonyl (C=O) groups is 3. The van der Waals surface area contributed by atoms with Gasteiger partial charge in [-0.1, -0.05) is 30.3 Å². The van der Waals surface area contributed by atoms with Crippen LogP contribution < -0.4 is 5.32 Å². The van der Waals surface area contributed by atoms with Crippen molar-refractivity contribution in [3.8, 4) is 0 Å². The van der Waals surface area contributed by atoms with Crippen LogP contribution in [0.25, 0.3) is 0 Å². The zero-order valence-electron chi connectivity index (χ0n) is 14.0. The molecule has 6 heteroatoms. The van der Waals surface area contributed by atoms with E-state index in [1.165, 1.54) is 25.6 Å². The summed E-state index contributed by atoms with van der Waals surface area (Å²) < 4.78 is 5.27. The second-order valence-electron chi connectivity index (χ2n) is 5.39. The molecule has 5 nitrogen and oxygen atoms in total. The van der Waals surface area contributed by atoms with Crippen LogP contribution >= 0.6 is 11.8 Å². The average Bonchev–Trinajstić information content (AvgIpc) is 2.60. The molecule has 0 unspecified atom stereocenters. The Kier molecular flexibility index (Phi) is 6.77. The summed E-state index contributed by atoms with van der Waals surface area (Å²) in [7, 11) is 0. The zero-order chi connectivity index (χ0) is 18.2. The number of Topliss-reactive ketones (excluding diaryl/α,β-unsaturated/α-hetero) is 1. The van der Waals surface area contributed by atoms with Gasteiger partial charge in [-0.25, -0.2) is 4.79 Å². The summed E-state index contributed by atoms with van der Waals surface area (Å²) in [5, 5.41) is 2.69. The van der Waals surface area contributed by atoms with Gasteiger partial charge in [0, 0.05) is 10.6 Å². The molecule has 25 heavy (non-hydrogen) atoms. The quantitative estimate of drug-likeness (QED) is 0.606. The largest absolute Gasteiger partial charge is 0.449 e. The monoisotopic (exact) mass is 357 g/mol. The summed E-state index contributed by atoms with van der Waals surface area (Å²) >= 11 is 1.27. The zero-order valence-corrected chi connectivity index (χ0v) is 14.8. The smallest absolute Gasteiger partial charge is 0.340 e. The van der Waals surface area contributed by atoms with Gasteiger partial charge in [0.1, 0.15) is 5.78 Å². The molecular weight excluding hydrogens is 338 g/mol. The molecule has 0 saturated carbocycles. The molecule has 0 spiro atoms. The lowest BCUT2D eigenvalue weighted by molar-refractivity contribution is -0.123. The van der Waals surface area contributed by atoms with Crippen molar-refractivity contribution in [2.45, 2.75) is 24.8 Å². The number of hydrogen-bond donors (Lipinski definition) is 1. The van der Waals surface area contributed by atoms with E-state index in [1.54, 1.807) is 48.5 Å². The van der Waals surface area contributed by atoms with Crippen LogP contribution in [0.15, 0.2) is 59.5 Å². The molecule has 0 fully saturated rings. The molecule has 1 atom stereocenters. The van der Waals surface area contributed by atoms with Crippen molar-refractivity contribution in [3.05, 3.63) is 60.2 Å². The number of nitrogens with one attached hydrogen (secondary N) is 1. The van der Waals surface area contributed by atoms with Gasteiger partial charge in [-0.2, -0.15) is 0 Å². The Balaban J connectivity index is 2.01. The third-order valence-electron chi connectivity index (χ3n) is 3.23. The van der Waals surface area contributed by atoms with E-state index in [9.17, 15) is 14.4 Å². The standard InChI is InChI=1S/C19H19NO4S/c1-13(21)12-25-17-11-7-6-10-16(17)19(23)24-14(2)18(22)20-15-8-4-3-5-9-15/h3-11,14H,12H2,1-2H3,(H,20,22)/t14-/m0/s1. The molecule has 0 aliphatic rings. The maximum Gasteiger partial charge on any atom is 0.340 e. The summed E-state index contributed by atoms with van der Waals surface area (Å²) in [6.45, 7) is 3.01. The van der Waals surface area contributed by atoms with E-state index in [2.05, 4.69) is 5.32 Å². The SMILES string of the molecule is CC(=O)CSc1ccccc1C(=O)O[C@@H](C)C(=O)Nc1ccccc1. The lowest BCUT2D eigenvalue weighted by atomic mass is 10.2. The number of ether oxygens (including phenoxy) is 1. The second kappa shape index (κ2) is 9.03. The van der Waals surface area contributed by atoms with Crippen molar-refractivity contribution in [3.63, 3.8) is 0 Å². The molecule has 0 aliphatic carbocycles. The van der Waals surface area contributed by atoms with Crippen molar-refractivity contribution in [2.75, 3.05) is 11.1 Å². The minimum absolute atomic E-state index is 0.0174. The number of thioether (sulfide) groups is 1. The Labute approximate surface area is 150 Å². The predicted octanol–water partition coefficient (Wildman–Crippen LogP) is 3.55. The van der Waals surface area contributed by atoms with Crippen LogP contribution in [0.3, 0.4) is 0 Å². The molecule has 0 bridgehead atoms. The number of ketones is 1. The Morgan fingerprint density at radius 3 is 2.36 bits per heavy atom. The highest BCUT2D eigenvalue weighted by atomic mass is 32.2. The van der Waals surface area contributed by atoms with Crippen LogP contribution in [0.2, 0.25) is 0 Å². The fourth-order valence-electron chi connectivity index (χ4n) is 1.98. The first kappa shape index (κ1) is 18.7. The van der Waals surface area contributed by atoms with Crippen molar-refractivity contribution in [1.82, 2.24) is 0 Å². The molecule has 1 amide bonds. The normalized spacial score (nSPS) is 11.4. The van der Waals surface area contributed by atoms with E-state index in [0.717, 1.165) is 0 Å². The van der Waals surface area contributed by atoms with Crippen LogP contribution in [0.1, 0.15) is 24.2 Å². The number of rotatable bonds is 7. The Hall–Kier alpha value is -2.60. The molecular formula is C19H19NO4S. The number of esters is 1. The maximum atomic E-state index is 12.4. The molecule has 2 aromatic rings. The van der Waals surface area contributed by atoms with E-state index in [4.69, 9.17) is 4.74 Å². The van der Waals surface area contributed by atoms with E-state index >= 15 is 0 Å². The number of anilines is 1. The van der Waals surface area contributed by atoms with Crippen LogP contribution in [0, 0.1) is 0 Å². The minimum atomic E-state index is -0.946. The van der Waals surface area contributed by atoms with Gasteiger partial charge in [0.2, 0.25) is 0 Å². The van der Waals surface area contributed by atoms with Gasteiger partial charge in [-0.15, -0.1) is 11.8 Å². The Morgan fingerprint density at radius 1 is 1.04 bits per heavy atom. The fraction of sp³-hybridized carbons (Fsp3) is 0.211. The number of para-hydroxylation sites is 1. The summed E-state index contributed by atoms with van der Waals surface area (Å²) in [5.41, 5.74) is 0.973. The molecule has 1 N–H and O–H groups in total. The van der Waals surface area contributed by atoms with Crippen LogP contribution in [0.4, 0.5) is 5.69 Å². The Morgan fingerprint density at radius 2 is 1.68 bits per heavy atom. The highest BCUT2D eigenvalue weighted by molar-refractivity contribution is 8.00. The van der Waals surface area contributed by atoms with Gasteiger partial charge < -0.3 is 10.1 Å². The third kappa shape index (κ3) is 5.76. The molecule has 0 saturated heterocycles. The van der Waals surface area contributed by atoms with E-state index in [-0.39, 0.29) is 11.5 Å². The predicted molar refractivity (Wildman–Crippen MR) is 97.8 cm³/mol. The number of hydrogen-bond acceptors (Lipinski definition) is 5. The van der Waals surface area contributed by atoms with Crippen LogP contribution in [-0.4, -0.2) is 29.5 Å². The number of carbonyl (C=O) groups excluding carboxylic acids is 3. The highest BCUT2D eigenvalue weighted by Crippen LogP contribution is 2.23. The first-order valence-corrected chi connectivity index (χ1v) is 8.74. The van der Waals surface area contributed by atoms with Crippen molar-refractivity contribution in [2.24, 2.45) is 0 Å². The Bertz CT molecular complexity index is 761. The summed E-state index contributed by atoms with van der Waals surface area (Å²) in [6.07, 6.45) is -0.946. The summed E-state index contributed by atoms with van der Waals surface area (Å²) in [6, 6.07) is 15.8. The second-order valence-corrected chi connectivity index (χ2v) is 6.41. The van der Waals surface area contributed by atoms with Gasteiger partial charge in [-0.3, -0.25) is 9.59 Å². The van der Waals surface area contributed by atoms with Crippen LogP contribution in [0.5, 0.6) is 0 Å². The summed E-state index contributed by atoms with van der Waals surface area (Å²) in [5.74, 6) is -0.714. The van der Waals surface area contributed by atoms with Crippen LogP contribution in [-0.2, 0) is 14.3 Å². The van der Waals surface area contributed by atoms with Crippen molar-refractivity contribution in [1.29, 1.82) is 0 Å². The minimum Gasteiger partial charge on any atom is -0.449 e. The lowest BCUT2D eigenvalue weighted by Gasteiger charge is -2.15. The van der Waals surface area contributed by atoms with Gasteiger partial charge >= 0.3 is 5.97 Å². The first-order valence-electron chi connectivity index (χ1n) is 7.75. The van der Waals surface area contributed by atoms with Crippen molar-refractivity contribution < 1.29 is 19.1 Å². The third-order valence-corrected chi connectivity index (χ3v) is 4.45. The molecule has 130 valence electrons. The van der Waals surface area contributed by atoms with Gasteiger partial charge in [0.25, 0.3) is 5.91 Å². The molecule has 2 aromatic carbocycles. The first-order chi connectivity index (χ1) is 12.0. The van der Waals surface area contributed by atoms with Gasteiger partial charge in [0.05, 0.1) is 11.3 Å². The van der Waals surface area contributed by atoms with Gasteiger partial charge in [-0.05, 0) is 38.1 Å². The maximum absolute atomic E-state index is 12.4. The molecule has 0 aliphatic heterocycles. The average molecular weight is 357 g/mol.